The molecule has 102 valence electrons. The highest BCUT2D eigenvalue weighted by Gasteiger charge is 2.33. The molecule has 1 aliphatic carbocycles. The van der Waals surface area contributed by atoms with Gasteiger partial charge in [-0.2, -0.15) is 0 Å². The van der Waals surface area contributed by atoms with Crippen molar-refractivity contribution in [3.05, 3.63) is 70.8 Å². The molecule has 0 amide bonds. The van der Waals surface area contributed by atoms with Crippen molar-refractivity contribution in [3.8, 4) is 0 Å². The normalized spacial score (nSPS) is 22.6. The van der Waals surface area contributed by atoms with Gasteiger partial charge in [0.15, 0.2) is 0 Å². The summed E-state index contributed by atoms with van der Waals surface area (Å²) in [4.78, 5) is 0. The Morgan fingerprint density at radius 3 is 2.45 bits per heavy atom. The van der Waals surface area contributed by atoms with E-state index in [0.29, 0.717) is 5.92 Å². The predicted octanol–water partition coefficient (Wildman–Crippen LogP) is 3.44. The van der Waals surface area contributed by atoms with Crippen LogP contribution in [-0.2, 0) is 6.54 Å². The Labute approximate surface area is 119 Å². The number of hydrogen-bond acceptors (Lipinski definition) is 2. The topological polar surface area (TPSA) is 32.3 Å². The minimum Gasteiger partial charge on any atom is -0.386 e. The van der Waals surface area contributed by atoms with Gasteiger partial charge in [0.1, 0.15) is 0 Å². The molecule has 2 N–H and O–H groups in total. The van der Waals surface area contributed by atoms with Gasteiger partial charge in [0.2, 0.25) is 0 Å². The van der Waals surface area contributed by atoms with Crippen molar-refractivity contribution in [2.45, 2.75) is 37.5 Å². The van der Waals surface area contributed by atoms with Crippen LogP contribution in [0.1, 0.15) is 53.2 Å². The Kier molecular flexibility index (Phi) is 2.86. The highest BCUT2D eigenvalue weighted by atomic mass is 16.3. The third kappa shape index (κ3) is 1.96. The Balaban J connectivity index is 1.70. The van der Waals surface area contributed by atoms with E-state index in [1.54, 1.807) is 0 Å². The first-order valence-electron chi connectivity index (χ1n) is 7.42. The summed E-state index contributed by atoms with van der Waals surface area (Å²) in [6.45, 7) is 0.851. The average molecular weight is 265 g/mol. The van der Waals surface area contributed by atoms with Crippen molar-refractivity contribution in [2.24, 2.45) is 0 Å². The van der Waals surface area contributed by atoms with Gasteiger partial charge >= 0.3 is 0 Å². The van der Waals surface area contributed by atoms with E-state index in [9.17, 15) is 5.11 Å². The standard InChI is InChI=1S/C18H19NO/c20-18(16-8-4-3-6-14(16)12-9-10-12)17-15-7-2-1-5-13(15)11-19-17/h1-8,12,17-20H,9-11H2. The second-order valence-corrected chi connectivity index (χ2v) is 5.91. The number of rotatable bonds is 3. The highest BCUT2D eigenvalue weighted by Crippen LogP contribution is 2.45. The SMILES string of the molecule is OC(c1ccccc1C1CC1)C1NCc2ccccc21. The summed E-state index contributed by atoms with van der Waals surface area (Å²) in [6, 6.07) is 16.8. The molecule has 0 saturated heterocycles. The molecule has 4 rings (SSSR count). The summed E-state index contributed by atoms with van der Waals surface area (Å²) in [5, 5.41) is 14.3. The summed E-state index contributed by atoms with van der Waals surface area (Å²) in [7, 11) is 0. The van der Waals surface area contributed by atoms with Crippen molar-refractivity contribution in [2.75, 3.05) is 0 Å². The first-order chi connectivity index (χ1) is 9.84. The summed E-state index contributed by atoms with van der Waals surface area (Å²) in [5.74, 6) is 0.664. The van der Waals surface area contributed by atoms with Crippen LogP contribution in [0.25, 0.3) is 0 Å². The zero-order chi connectivity index (χ0) is 13.5. The lowest BCUT2D eigenvalue weighted by Gasteiger charge is -2.22. The molecule has 2 nitrogen and oxygen atoms in total. The quantitative estimate of drug-likeness (QED) is 0.891. The number of aliphatic hydroxyl groups is 1. The number of nitrogens with one attached hydrogen (secondary N) is 1. The lowest BCUT2D eigenvalue weighted by atomic mass is 9.91. The first kappa shape index (κ1) is 12.1. The van der Waals surface area contributed by atoms with E-state index in [2.05, 4.69) is 47.8 Å². The number of aliphatic hydroxyl groups excluding tert-OH is 1. The molecule has 1 fully saturated rings. The smallest absolute Gasteiger partial charge is 0.0987 e. The number of hydrogen-bond donors (Lipinski definition) is 2. The maximum absolute atomic E-state index is 10.9. The van der Waals surface area contributed by atoms with E-state index in [-0.39, 0.29) is 6.04 Å². The van der Waals surface area contributed by atoms with Crippen LogP contribution in [0.15, 0.2) is 48.5 Å². The molecule has 2 atom stereocenters. The minimum absolute atomic E-state index is 0.0195. The minimum atomic E-state index is -0.463. The van der Waals surface area contributed by atoms with E-state index in [0.717, 1.165) is 12.1 Å². The van der Waals surface area contributed by atoms with Crippen LogP contribution in [0.2, 0.25) is 0 Å². The van der Waals surface area contributed by atoms with E-state index in [4.69, 9.17) is 0 Å². The van der Waals surface area contributed by atoms with Crippen LogP contribution in [0.3, 0.4) is 0 Å². The molecule has 2 aromatic rings. The molecular weight excluding hydrogens is 246 g/mol. The second-order valence-electron chi connectivity index (χ2n) is 5.91. The fourth-order valence-corrected chi connectivity index (χ4v) is 3.34. The zero-order valence-corrected chi connectivity index (χ0v) is 11.4. The van der Waals surface area contributed by atoms with Gasteiger partial charge in [0.05, 0.1) is 12.1 Å². The lowest BCUT2D eigenvalue weighted by Crippen LogP contribution is -2.21. The van der Waals surface area contributed by atoms with E-state index in [1.807, 2.05) is 6.07 Å². The Hall–Kier alpha value is -1.64. The molecule has 2 unspecified atom stereocenters. The third-order valence-electron chi connectivity index (χ3n) is 4.55. The van der Waals surface area contributed by atoms with Gasteiger partial charge in [0.25, 0.3) is 0 Å². The molecule has 1 heterocycles. The second kappa shape index (κ2) is 4.72. The van der Waals surface area contributed by atoms with Crippen LogP contribution < -0.4 is 5.32 Å². The van der Waals surface area contributed by atoms with Crippen molar-refractivity contribution >= 4 is 0 Å². The first-order valence-corrected chi connectivity index (χ1v) is 7.42. The average Bonchev–Trinajstić information content (AvgIpc) is 3.26. The molecule has 0 bridgehead atoms. The number of fused-ring (bicyclic) bond motifs is 1. The predicted molar refractivity (Wildman–Crippen MR) is 79.4 cm³/mol. The number of benzene rings is 2. The van der Waals surface area contributed by atoms with Crippen molar-refractivity contribution in [3.63, 3.8) is 0 Å². The maximum Gasteiger partial charge on any atom is 0.0987 e. The third-order valence-corrected chi connectivity index (χ3v) is 4.55. The van der Waals surface area contributed by atoms with Crippen molar-refractivity contribution in [1.29, 1.82) is 0 Å². The van der Waals surface area contributed by atoms with Gasteiger partial charge < -0.3 is 10.4 Å². The molecule has 1 saturated carbocycles. The fourth-order valence-electron chi connectivity index (χ4n) is 3.34. The Morgan fingerprint density at radius 2 is 1.65 bits per heavy atom. The van der Waals surface area contributed by atoms with Gasteiger partial charge in [-0.1, -0.05) is 48.5 Å². The Morgan fingerprint density at radius 1 is 0.950 bits per heavy atom. The molecule has 0 radical (unpaired) electrons. The molecule has 0 spiro atoms. The van der Waals surface area contributed by atoms with E-state index < -0.39 is 6.10 Å². The van der Waals surface area contributed by atoms with E-state index in [1.165, 1.54) is 29.5 Å². The van der Waals surface area contributed by atoms with Gasteiger partial charge in [-0.15, -0.1) is 0 Å². The molecular formula is C18H19NO. The summed E-state index contributed by atoms with van der Waals surface area (Å²) in [5.41, 5.74) is 4.99. The van der Waals surface area contributed by atoms with Crippen LogP contribution in [0.5, 0.6) is 0 Å². The van der Waals surface area contributed by atoms with Gasteiger partial charge in [-0.3, -0.25) is 0 Å². The van der Waals surface area contributed by atoms with Crippen LogP contribution in [0.4, 0.5) is 0 Å². The molecule has 20 heavy (non-hydrogen) atoms. The largest absolute Gasteiger partial charge is 0.386 e. The van der Waals surface area contributed by atoms with Gasteiger partial charge in [-0.25, -0.2) is 0 Å². The summed E-state index contributed by atoms with van der Waals surface area (Å²) < 4.78 is 0. The van der Waals surface area contributed by atoms with Crippen LogP contribution >= 0.6 is 0 Å². The van der Waals surface area contributed by atoms with Crippen molar-refractivity contribution in [1.82, 2.24) is 5.32 Å². The molecule has 0 aromatic heterocycles. The summed E-state index contributed by atoms with van der Waals surface area (Å²) in [6.07, 6.45) is 2.06. The van der Waals surface area contributed by atoms with E-state index >= 15 is 0 Å². The molecule has 2 aromatic carbocycles. The summed E-state index contributed by atoms with van der Waals surface area (Å²) >= 11 is 0. The molecule has 2 heteroatoms. The van der Waals surface area contributed by atoms with Crippen molar-refractivity contribution < 1.29 is 5.11 Å². The highest BCUT2D eigenvalue weighted by molar-refractivity contribution is 5.40. The molecule has 2 aliphatic rings. The fraction of sp³-hybridized carbons (Fsp3) is 0.333. The van der Waals surface area contributed by atoms with Gasteiger partial charge in [0, 0.05) is 6.54 Å². The lowest BCUT2D eigenvalue weighted by molar-refractivity contribution is 0.132. The van der Waals surface area contributed by atoms with Crippen LogP contribution in [-0.4, -0.2) is 5.11 Å². The Bertz CT molecular complexity index is 633. The monoisotopic (exact) mass is 265 g/mol. The van der Waals surface area contributed by atoms with Crippen LogP contribution in [0, 0.1) is 0 Å². The zero-order valence-electron chi connectivity index (χ0n) is 11.4. The molecule has 1 aliphatic heterocycles. The maximum atomic E-state index is 10.9. The van der Waals surface area contributed by atoms with Gasteiger partial charge in [-0.05, 0) is 41.0 Å².